The third-order valence-corrected chi connectivity index (χ3v) is 6.26. The van der Waals surface area contributed by atoms with Crippen LogP contribution in [-0.4, -0.2) is 50.1 Å². The van der Waals surface area contributed by atoms with Crippen molar-refractivity contribution < 1.29 is 9.59 Å². The molecule has 0 atom stereocenters. The quantitative estimate of drug-likeness (QED) is 0.553. The van der Waals surface area contributed by atoms with Crippen LogP contribution in [0.2, 0.25) is 10.0 Å². The Hall–Kier alpha value is -2.55. The molecule has 4 rings (SSSR count). The Bertz CT molecular complexity index is 1190. The number of nitrogens with one attached hydrogen (secondary N) is 2. The van der Waals surface area contributed by atoms with Crippen molar-refractivity contribution in [3.63, 3.8) is 0 Å². The maximum absolute atomic E-state index is 12.8. The number of carbonyl (C=O) groups excluding carboxylic acids is 2. The van der Waals surface area contributed by atoms with E-state index in [1.54, 1.807) is 23.4 Å². The molecule has 1 aliphatic rings. The van der Waals surface area contributed by atoms with Crippen LogP contribution in [0.5, 0.6) is 0 Å². The molecule has 8 nitrogen and oxygen atoms in total. The Kier molecular flexibility index (Phi) is 5.49. The van der Waals surface area contributed by atoms with Crippen LogP contribution >= 0.6 is 23.2 Å². The van der Waals surface area contributed by atoms with Gasteiger partial charge in [0.1, 0.15) is 0 Å². The van der Waals surface area contributed by atoms with E-state index in [0.717, 1.165) is 33.4 Å². The van der Waals surface area contributed by atoms with Gasteiger partial charge in [0.15, 0.2) is 0 Å². The number of aromatic nitrogens is 3. The van der Waals surface area contributed by atoms with Crippen molar-refractivity contribution in [2.75, 3.05) is 13.1 Å². The fourth-order valence-electron chi connectivity index (χ4n) is 3.81. The minimum absolute atomic E-state index is 0.100. The van der Waals surface area contributed by atoms with Crippen LogP contribution in [0, 0.1) is 0 Å². The van der Waals surface area contributed by atoms with Gasteiger partial charge in [-0.1, -0.05) is 23.2 Å². The number of aromatic amines is 1. The number of hydrogen-bond acceptors (Lipinski definition) is 4. The van der Waals surface area contributed by atoms with Crippen molar-refractivity contribution in [3.8, 4) is 11.3 Å². The number of nitrogens with two attached hydrogens (primary N) is 1. The Balaban J connectivity index is 1.68. The zero-order valence-corrected chi connectivity index (χ0v) is 19.1. The predicted octanol–water partition coefficient (Wildman–Crippen LogP) is 2.61. The van der Waals surface area contributed by atoms with Gasteiger partial charge in [-0.25, -0.2) is 0 Å². The molecule has 31 heavy (non-hydrogen) atoms. The van der Waals surface area contributed by atoms with Gasteiger partial charge >= 0.3 is 0 Å². The van der Waals surface area contributed by atoms with E-state index in [2.05, 4.69) is 15.4 Å². The van der Waals surface area contributed by atoms with Crippen molar-refractivity contribution in [1.82, 2.24) is 25.0 Å². The summed E-state index contributed by atoms with van der Waals surface area (Å²) in [6, 6.07) is 3.72. The molecule has 1 aromatic carbocycles. The highest BCUT2D eigenvalue weighted by Gasteiger charge is 2.29. The number of rotatable bonds is 4. The SMILES string of the molecule is Cn1ccc(-c2cc(Cl)c(Cl)c3[nH]c4c(c23)CN(C(=O)CNC(=O)C(C)(C)N)CC4)n1. The minimum Gasteiger partial charge on any atom is -0.357 e. The Morgan fingerprint density at radius 2 is 2.10 bits per heavy atom. The molecular formula is C21H24Cl2N6O2. The standard InChI is InChI=1S/C21H24Cl2N6O2/c1-21(2,24)20(31)25-9-16(30)29-7-5-14-12(10-29)17-11(15-4-6-28(3)27-15)8-13(22)18(23)19(17)26-14/h4,6,8,26H,5,7,9-10,24H2,1-3H3,(H,25,31). The summed E-state index contributed by atoms with van der Waals surface area (Å²) in [6.07, 6.45) is 2.50. The van der Waals surface area contributed by atoms with Crippen LogP contribution in [0.15, 0.2) is 18.3 Å². The third kappa shape index (κ3) is 4.03. The van der Waals surface area contributed by atoms with Crippen LogP contribution in [-0.2, 0) is 29.6 Å². The lowest BCUT2D eigenvalue weighted by Gasteiger charge is -2.28. The summed E-state index contributed by atoms with van der Waals surface area (Å²) in [7, 11) is 1.85. The van der Waals surface area contributed by atoms with Gasteiger partial charge in [-0.3, -0.25) is 14.3 Å². The molecule has 2 aromatic heterocycles. The van der Waals surface area contributed by atoms with E-state index < -0.39 is 5.54 Å². The second-order valence-corrected chi connectivity index (χ2v) is 9.18. The average Bonchev–Trinajstić information content (AvgIpc) is 3.31. The largest absolute Gasteiger partial charge is 0.357 e. The highest BCUT2D eigenvalue weighted by molar-refractivity contribution is 6.45. The summed E-state index contributed by atoms with van der Waals surface area (Å²) in [4.78, 5) is 29.9. The molecule has 0 fully saturated rings. The lowest BCUT2D eigenvalue weighted by molar-refractivity contribution is -0.134. The first kappa shape index (κ1) is 21.7. The van der Waals surface area contributed by atoms with Crippen molar-refractivity contribution in [1.29, 1.82) is 0 Å². The Morgan fingerprint density at radius 1 is 1.35 bits per heavy atom. The van der Waals surface area contributed by atoms with Gasteiger partial charge in [-0.05, 0) is 26.0 Å². The number of nitrogens with zero attached hydrogens (tertiary/aromatic N) is 3. The molecule has 0 radical (unpaired) electrons. The number of carbonyl (C=O) groups is 2. The number of H-pyrrole nitrogens is 1. The van der Waals surface area contributed by atoms with Crippen molar-refractivity contribution in [2.45, 2.75) is 32.4 Å². The molecule has 10 heteroatoms. The highest BCUT2D eigenvalue weighted by Crippen LogP contribution is 2.41. The van der Waals surface area contributed by atoms with E-state index in [0.29, 0.717) is 29.6 Å². The maximum Gasteiger partial charge on any atom is 0.242 e. The second kappa shape index (κ2) is 7.85. The molecule has 3 heterocycles. The molecule has 2 amide bonds. The van der Waals surface area contributed by atoms with Gasteiger partial charge < -0.3 is 20.9 Å². The summed E-state index contributed by atoms with van der Waals surface area (Å²) >= 11 is 12.9. The van der Waals surface area contributed by atoms with Gasteiger partial charge in [0.25, 0.3) is 0 Å². The summed E-state index contributed by atoms with van der Waals surface area (Å²) in [5.74, 6) is -0.540. The predicted molar refractivity (Wildman–Crippen MR) is 121 cm³/mol. The lowest BCUT2D eigenvalue weighted by atomic mass is 9.99. The van der Waals surface area contributed by atoms with E-state index in [4.69, 9.17) is 28.9 Å². The molecule has 0 spiro atoms. The van der Waals surface area contributed by atoms with E-state index >= 15 is 0 Å². The van der Waals surface area contributed by atoms with Crippen LogP contribution in [0.1, 0.15) is 25.1 Å². The number of fused-ring (bicyclic) bond motifs is 3. The van der Waals surface area contributed by atoms with E-state index in [-0.39, 0.29) is 18.4 Å². The topological polar surface area (TPSA) is 109 Å². The van der Waals surface area contributed by atoms with Gasteiger partial charge in [0.2, 0.25) is 11.8 Å². The highest BCUT2D eigenvalue weighted by atomic mass is 35.5. The smallest absolute Gasteiger partial charge is 0.242 e. The van der Waals surface area contributed by atoms with Crippen molar-refractivity contribution >= 4 is 45.9 Å². The number of benzene rings is 1. The van der Waals surface area contributed by atoms with E-state index in [1.807, 2.05) is 25.4 Å². The molecule has 3 aromatic rings. The van der Waals surface area contributed by atoms with Gasteiger partial charge in [0.05, 0.1) is 33.3 Å². The molecular weight excluding hydrogens is 439 g/mol. The first-order valence-electron chi connectivity index (χ1n) is 9.92. The fraction of sp³-hybridized carbons (Fsp3) is 0.381. The maximum atomic E-state index is 12.8. The first-order valence-corrected chi connectivity index (χ1v) is 10.7. The molecule has 0 saturated heterocycles. The third-order valence-electron chi connectivity index (χ3n) is 5.47. The zero-order chi connectivity index (χ0) is 22.5. The summed E-state index contributed by atoms with van der Waals surface area (Å²) in [6.45, 7) is 4.02. The van der Waals surface area contributed by atoms with Gasteiger partial charge in [-0.2, -0.15) is 5.10 Å². The Labute approximate surface area is 189 Å². The molecule has 0 unspecified atom stereocenters. The monoisotopic (exact) mass is 462 g/mol. The average molecular weight is 463 g/mol. The number of hydrogen-bond donors (Lipinski definition) is 3. The van der Waals surface area contributed by atoms with Crippen LogP contribution in [0.3, 0.4) is 0 Å². The minimum atomic E-state index is -1.04. The zero-order valence-electron chi connectivity index (χ0n) is 17.6. The summed E-state index contributed by atoms with van der Waals surface area (Å²) in [5, 5.41) is 8.93. The number of aryl methyl sites for hydroxylation is 1. The van der Waals surface area contributed by atoms with Gasteiger partial charge in [0, 0.05) is 55.0 Å². The van der Waals surface area contributed by atoms with E-state index in [1.165, 1.54) is 0 Å². The van der Waals surface area contributed by atoms with Crippen molar-refractivity contribution in [3.05, 3.63) is 39.6 Å². The molecule has 0 aliphatic carbocycles. The van der Waals surface area contributed by atoms with Gasteiger partial charge in [-0.15, -0.1) is 0 Å². The van der Waals surface area contributed by atoms with Crippen LogP contribution in [0.25, 0.3) is 22.2 Å². The molecule has 0 saturated carbocycles. The van der Waals surface area contributed by atoms with Crippen molar-refractivity contribution in [2.24, 2.45) is 12.8 Å². The molecule has 4 N–H and O–H groups in total. The molecule has 1 aliphatic heterocycles. The van der Waals surface area contributed by atoms with Crippen LogP contribution in [0.4, 0.5) is 0 Å². The normalized spacial score (nSPS) is 14.1. The molecule has 164 valence electrons. The summed E-state index contributed by atoms with van der Waals surface area (Å²) < 4.78 is 1.72. The first-order chi connectivity index (χ1) is 14.6. The second-order valence-electron chi connectivity index (χ2n) is 8.40. The number of halogens is 2. The fourth-order valence-corrected chi connectivity index (χ4v) is 4.21. The number of amides is 2. The lowest BCUT2D eigenvalue weighted by Crippen LogP contribution is -2.52. The van der Waals surface area contributed by atoms with Crippen LogP contribution < -0.4 is 11.1 Å². The summed E-state index contributed by atoms with van der Waals surface area (Å²) in [5.41, 5.74) is 9.12. The Morgan fingerprint density at radius 3 is 2.74 bits per heavy atom. The molecule has 0 bridgehead atoms. The van der Waals surface area contributed by atoms with E-state index in [9.17, 15) is 9.59 Å².